The van der Waals surface area contributed by atoms with Gasteiger partial charge in [0.15, 0.2) is 6.10 Å². The Bertz CT molecular complexity index is 1250. The molecular weight excluding hydrogens is 853 g/mol. The minimum Gasteiger partial charge on any atom is -0.462 e. The molecule has 0 spiro atoms. The summed E-state index contributed by atoms with van der Waals surface area (Å²) < 4.78 is 16.8. The Morgan fingerprint density at radius 3 is 0.899 bits per heavy atom. The van der Waals surface area contributed by atoms with E-state index in [0.29, 0.717) is 19.3 Å². The highest BCUT2D eigenvalue weighted by atomic mass is 16.6. The highest BCUT2D eigenvalue weighted by molar-refractivity contribution is 5.71. The summed E-state index contributed by atoms with van der Waals surface area (Å²) in [5, 5.41) is 0. The average Bonchev–Trinajstić information content (AvgIpc) is 3.35. The third-order valence-electron chi connectivity index (χ3n) is 13.0. The van der Waals surface area contributed by atoms with Crippen molar-refractivity contribution < 1.29 is 28.6 Å². The van der Waals surface area contributed by atoms with Crippen LogP contribution in [-0.4, -0.2) is 37.2 Å². The third-order valence-corrected chi connectivity index (χ3v) is 13.0. The molecule has 0 aromatic carbocycles. The molecule has 0 aliphatic heterocycles. The number of carbonyl (C=O) groups is 3. The molecule has 0 aromatic rings. The summed E-state index contributed by atoms with van der Waals surface area (Å²) in [6.07, 6.45) is 72.2. The molecule has 0 radical (unpaired) electrons. The smallest absolute Gasteiger partial charge is 0.306 e. The van der Waals surface area contributed by atoms with Crippen molar-refractivity contribution in [1.29, 1.82) is 0 Å². The molecule has 0 saturated carbocycles. The van der Waals surface area contributed by atoms with Gasteiger partial charge in [-0.1, -0.05) is 261 Å². The maximum Gasteiger partial charge on any atom is 0.306 e. The minimum absolute atomic E-state index is 0.0931. The fraction of sp³-hybridized carbons (Fsp3) is 0.794. The summed E-state index contributed by atoms with van der Waals surface area (Å²) in [4.78, 5) is 38.1. The van der Waals surface area contributed by atoms with Crippen LogP contribution in [-0.2, 0) is 28.6 Å². The van der Waals surface area contributed by atoms with Crippen LogP contribution in [0.25, 0.3) is 0 Å². The third kappa shape index (κ3) is 55.9. The predicted molar refractivity (Wildman–Crippen MR) is 298 cm³/mol. The second-order valence-corrected chi connectivity index (χ2v) is 19.9. The highest BCUT2D eigenvalue weighted by Crippen LogP contribution is 2.16. The van der Waals surface area contributed by atoms with Crippen LogP contribution in [0.2, 0.25) is 0 Å². The Labute approximate surface area is 428 Å². The van der Waals surface area contributed by atoms with E-state index in [0.717, 1.165) is 64.2 Å². The molecule has 0 rings (SSSR count). The minimum atomic E-state index is -0.801. The summed E-state index contributed by atoms with van der Waals surface area (Å²) in [5.74, 6) is -0.937. The van der Waals surface area contributed by atoms with E-state index in [1.807, 2.05) is 0 Å². The van der Waals surface area contributed by atoms with Gasteiger partial charge in [-0.3, -0.25) is 14.4 Å². The Morgan fingerprint density at radius 2 is 0.536 bits per heavy atom. The molecule has 69 heavy (non-hydrogen) atoms. The van der Waals surface area contributed by atoms with Gasteiger partial charge in [0.2, 0.25) is 0 Å². The lowest BCUT2D eigenvalue weighted by atomic mass is 10.0. The molecule has 6 heteroatoms. The van der Waals surface area contributed by atoms with E-state index in [2.05, 4.69) is 81.5 Å². The van der Waals surface area contributed by atoms with E-state index in [9.17, 15) is 14.4 Å². The van der Waals surface area contributed by atoms with Crippen molar-refractivity contribution in [2.45, 2.75) is 309 Å². The van der Waals surface area contributed by atoms with Crippen LogP contribution in [0.4, 0.5) is 0 Å². The standard InChI is InChI=1S/C63H112O6/c1-4-7-10-13-16-19-22-25-27-29-30-31-32-34-35-38-41-44-47-50-53-56-62(65)68-59-60(58-67-61(64)55-52-49-46-43-40-37-24-21-18-15-12-9-6-3)69-63(66)57-54-51-48-45-42-39-36-33-28-26-23-20-17-14-11-8-5-2/h17,20,25-28,36,39,45,48,60H,4-16,18-19,21-24,29-35,37-38,40-44,46-47,49-59H2,1-3H3/b20-17-,27-25-,28-26-,39-36-,48-45-/t60-/m0/s1. The molecule has 0 fully saturated rings. The van der Waals surface area contributed by atoms with Crippen molar-refractivity contribution in [2.24, 2.45) is 0 Å². The second kappa shape index (κ2) is 57.7. The van der Waals surface area contributed by atoms with Crippen LogP contribution in [0.1, 0.15) is 303 Å². The number of hydrogen-bond donors (Lipinski definition) is 0. The van der Waals surface area contributed by atoms with Gasteiger partial charge < -0.3 is 14.2 Å². The summed E-state index contributed by atoms with van der Waals surface area (Å²) in [5.41, 5.74) is 0. The van der Waals surface area contributed by atoms with Gasteiger partial charge in [0.1, 0.15) is 13.2 Å². The topological polar surface area (TPSA) is 78.9 Å². The Balaban J connectivity index is 4.39. The first-order valence-electron chi connectivity index (χ1n) is 29.8. The van der Waals surface area contributed by atoms with Crippen LogP contribution >= 0.6 is 0 Å². The van der Waals surface area contributed by atoms with Crippen LogP contribution in [0.15, 0.2) is 60.8 Å². The zero-order chi connectivity index (χ0) is 50.0. The number of allylic oxidation sites excluding steroid dienone is 10. The Morgan fingerprint density at radius 1 is 0.290 bits per heavy atom. The van der Waals surface area contributed by atoms with E-state index in [-0.39, 0.29) is 37.5 Å². The monoisotopic (exact) mass is 965 g/mol. The first kappa shape index (κ1) is 66.1. The molecule has 6 nitrogen and oxygen atoms in total. The first-order chi connectivity index (χ1) is 34.0. The van der Waals surface area contributed by atoms with Gasteiger partial charge in [0.05, 0.1) is 0 Å². The number of hydrogen-bond acceptors (Lipinski definition) is 6. The number of esters is 3. The van der Waals surface area contributed by atoms with Crippen LogP contribution in [0.3, 0.4) is 0 Å². The molecule has 0 unspecified atom stereocenters. The lowest BCUT2D eigenvalue weighted by Gasteiger charge is -2.18. The van der Waals surface area contributed by atoms with Crippen LogP contribution < -0.4 is 0 Å². The van der Waals surface area contributed by atoms with Crippen LogP contribution in [0.5, 0.6) is 0 Å². The highest BCUT2D eigenvalue weighted by Gasteiger charge is 2.19. The number of unbranched alkanes of at least 4 members (excludes halogenated alkanes) is 33. The van der Waals surface area contributed by atoms with Gasteiger partial charge in [0.25, 0.3) is 0 Å². The molecule has 0 heterocycles. The lowest BCUT2D eigenvalue weighted by Crippen LogP contribution is -2.30. The van der Waals surface area contributed by atoms with E-state index < -0.39 is 6.10 Å². The van der Waals surface area contributed by atoms with Gasteiger partial charge in [-0.25, -0.2) is 0 Å². The van der Waals surface area contributed by atoms with E-state index in [1.54, 1.807) is 0 Å². The predicted octanol–water partition coefficient (Wildman–Crippen LogP) is 20.0. The van der Waals surface area contributed by atoms with Crippen molar-refractivity contribution in [3.8, 4) is 0 Å². The average molecular weight is 966 g/mol. The number of ether oxygens (including phenoxy) is 3. The molecule has 0 aromatic heterocycles. The first-order valence-corrected chi connectivity index (χ1v) is 29.8. The summed E-state index contributed by atoms with van der Waals surface area (Å²) in [6, 6.07) is 0. The largest absolute Gasteiger partial charge is 0.462 e. The molecule has 400 valence electrons. The van der Waals surface area contributed by atoms with Crippen molar-refractivity contribution in [1.82, 2.24) is 0 Å². The van der Waals surface area contributed by atoms with E-state index >= 15 is 0 Å². The molecule has 0 bridgehead atoms. The lowest BCUT2D eigenvalue weighted by molar-refractivity contribution is -0.167. The van der Waals surface area contributed by atoms with E-state index in [4.69, 9.17) is 14.2 Å². The zero-order valence-electron chi connectivity index (χ0n) is 45.8. The SMILES string of the molecule is CCCCC/C=C\C/C=C\C/C=C\C/C=C\CCCC(=O)O[C@H](COC(=O)CCCCCCCCCCCCC/C=C\CCCCCCCC)COC(=O)CCCCCCCCCCCCCCC. The zero-order valence-corrected chi connectivity index (χ0v) is 45.8. The normalized spacial score (nSPS) is 12.4. The van der Waals surface area contributed by atoms with Crippen molar-refractivity contribution in [2.75, 3.05) is 13.2 Å². The molecule has 0 aliphatic rings. The number of rotatable bonds is 54. The molecule has 0 aliphatic carbocycles. The van der Waals surface area contributed by atoms with Gasteiger partial charge in [-0.2, -0.15) is 0 Å². The van der Waals surface area contributed by atoms with Crippen molar-refractivity contribution >= 4 is 17.9 Å². The van der Waals surface area contributed by atoms with Gasteiger partial charge in [0, 0.05) is 19.3 Å². The summed E-state index contributed by atoms with van der Waals surface area (Å²) in [7, 11) is 0. The van der Waals surface area contributed by atoms with Gasteiger partial charge >= 0.3 is 17.9 Å². The number of carbonyl (C=O) groups excluding carboxylic acids is 3. The van der Waals surface area contributed by atoms with Crippen molar-refractivity contribution in [3.05, 3.63) is 60.8 Å². The Kier molecular flexibility index (Phi) is 55.3. The van der Waals surface area contributed by atoms with Crippen molar-refractivity contribution in [3.63, 3.8) is 0 Å². The fourth-order valence-corrected chi connectivity index (χ4v) is 8.49. The van der Waals surface area contributed by atoms with Crippen LogP contribution in [0, 0.1) is 0 Å². The summed E-state index contributed by atoms with van der Waals surface area (Å²) in [6.45, 7) is 6.59. The summed E-state index contributed by atoms with van der Waals surface area (Å²) >= 11 is 0. The molecule has 0 saturated heterocycles. The quantitative estimate of drug-likeness (QED) is 0.0262. The van der Waals surface area contributed by atoms with Gasteiger partial charge in [-0.15, -0.1) is 0 Å². The maximum absolute atomic E-state index is 12.8. The fourth-order valence-electron chi connectivity index (χ4n) is 8.49. The molecule has 0 amide bonds. The Hall–Kier alpha value is -2.89. The second-order valence-electron chi connectivity index (χ2n) is 19.9. The molecule has 1 atom stereocenters. The van der Waals surface area contributed by atoms with Gasteiger partial charge in [-0.05, 0) is 83.5 Å². The molecule has 0 N–H and O–H groups in total. The van der Waals surface area contributed by atoms with E-state index in [1.165, 1.54) is 193 Å². The maximum atomic E-state index is 12.8. The molecular formula is C63H112O6.